The SMILES string of the molecule is NC(=O)c1cccnc1NC1CC=CC1. The fourth-order valence-corrected chi connectivity index (χ4v) is 1.65. The number of anilines is 1. The van der Waals surface area contributed by atoms with Crippen LogP contribution in [0.2, 0.25) is 0 Å². The Morgan fingerprint density at radius 2 is 2.20 bits per heavy atom. The minimum Gasteiger partial charge on any atom is -0.366 e. The Bertz CT molecular complexity index is 393. The number of nitrogens with zero attached hydrogens (tertiary/aromatic N) is 1. The van der Waals surface area contributed by atoms with Crippen LogP contribution < -0.4 is 11.1 Å². The molecule has 0 aromatic carbocycles. The first kappa shape index (κ1) is 9.71. The predicted octanol–water partition coefficient (Wildman–Crippen LogP) is 1.31. The number of carbonyl (C=O) groups excluding carboxylic acids is 1. The molecule has 0 fully saturated rings. The van der Waals surface area contributed by atoms with E-state index in [9.17, 15) is 4.79 Å². The largest absolute Gasteiger partial charge is 0.366 e. The quantitative estimate of drug-likeness (QED) is 0.728. The Morgan fingerprint density at radius 3 is 2.87 bits per heavy atom. The molecule has 0 unspecified atom stereocenters. The minimum atomic E-state index is -0.448. The van der Waals surface area contributed by atoms with E-state index in [0.717, 1.165) is 12.8 Å². The van der Waals surface area contributed by atoms with Crippen LogP contribution >= 0.6 is 0 Å². The van der Waals surface area contributed by atoms with Crippen LogP contribution in [-0.4, -0.2) is 16.9 Å². The van der Waals surface area contributed by atoms with Crippen molar-refractivity contribution in [3.63, 3.8) is 0 Å². The number of amides is 1. The molecule has 1 aliphatic rings. The second-order valence-electron chi connectivity index (χ2n) is 3.55. The van der Waals surface area contributed by atoms with Crippen molar-refractivity contribution in [2.45, 2.75) is 18.9 Å². The maximum Gasteiger partial charge on any atom is 0.252 e. The van der Waals surface area contributed by atoms with Gasteiger partial charge >= 0.3 is 0 Å². The Balaban J connectivity index is 2.16. The number of nitrogens with one attached hydrogen (secondary N) is 1. The van der Waals surface area contributed by atoms with Gasteiger partial charge in [-0.05, 0) is 25.0 Å². The molecule has 0 aliphatic heterocycles. The third kappa shape index (κ3) is 2.15. The van der Waals surface area contributed by atoms with Crippen LogP contribution in [0.4, 0.5) is 5.82 Å². The van der Waals surface area contributed by atoms with Crippen LogP contribution in [-0.2, 0) is 0 Å². The summed E-state index contributed by atoms with van der Waals surface area (Å²) in [6.45, 7) is 0. The summed E-state index contributed by atoms with van der Waals surface area (Å²) in [5.74, 6) is 0.134. The summed E-state index contributed by atoms with van der Waals surface area (Å²) in [6, 6.07) is 3.72. The zero-order valence-corrected chi connectivity index (χ0v) is 8.31. The number of aromatic nitrogens is 1. The standard InChI is InChI=1S/C11H13N3O/c12-10(15)9-6-3-7-13-11(9)14-8-4-1-2-5-8/h1-3,6-8H,4-5H2,(H2,12,15)(H,13,14). The monoisotopic (exact) mass is 203 g/mol. The van der Waals surface area contributed by atoms with Gasteiger partial charge in [0.1, 0.15) is 5.82 Å². The highest BCUT2D eigenvalue weighted by atomic mass is 16.1. The highest BCUT2D eigenvalue weighted by Crippen LogP contribution is 2.17. The Labute approximate surface area is 88.2 Å². The maximum absolute atomic E-state index is 11.1. The summed E-state index contributed by atoms with van der Waals surface area (Å²) in [5, 5.41) is 3.22. The van der Waals surface area contributed by atoms with Gasteiger partial charge in [0.2, 0.25) is 0 Å². The minimum absolute atomic E-state index is 0.331. The zero-order chi connectivity index (χ0) is 10.7. The summed E-state index contributed by atoms with van der Waals surface area (Å²) in [4.78, 5) is 15.2. The van der Waals surface area contributed by atoms with Gasteiger partial charge in [-0.3, -0.25) is 4.79 Å². The first-order valence-electron chi connectivity index (χ1n) is 4.93. The van der Waals surface area contributed by atoms with E-state index in [-0.39, 0.29) is 0 Å². The lowest BCUT2D eigenvalue weighted by Crippen LogP contribution is -2.21. The van der Waals surface area contributed by atoms with Gasteiger partial charge in [0.05, 0.1) is 5.56 Å². The van der Waals surface area contributed by atoms with Crippen molar-refractivity contribution in [1.82, 2.24) is 4.98 Å². The first-order chi connectivity index (χ1) is 7.27. The van der Waals surface area contributed by atoms with Gasteiger partial charge in [-0.2, -0.15) is 0 Å². The second-order valence-corrected chi connectivity index (χ2v) is 3.55. The van der Waals surface area contributed by atoms with E-state index in [0.29, 0.717) is 17.4 Å². The van der Waals surface area contributed by atoms with E-state index in [1.165, 1.54) is 0 Å². The summed E-state index contributed by atoms with van der Waals surface area (Å²) >= 11 is 0. The lowest BCUT2D eigenvalue weighted by molar-refractivity contribution is 0.100. The van der Waals surface area contributed by atoms with Crippen LogP contribution in [0.5, 0.6) is 0 Å². The molecule has 1 heterocycles. The average Bonchev–Trinajstić information content (AvgIpc) is 2.71. The van der Waals surface area contributed by atoms with E-state index in [1.807, 2.05) is 0 Å². The highest BCUT2D eigenvalue weighted by Gasteiger charge is 2.14. The Kier molecular flexibility index (Phi) is 2.67. The van der Waals surface area contributed by atoms with Gasteiger partial charge in [-0.1, -0.05) is 12.2 Å². The van der Waals surface area contributed by atoms with E-state index in [1.54, 1.807) is 18.3 Å². The Hall–Kier alpha value is -1.84. The summed E-state index contributed by atoms with van der Waals surface area (Å²) < 4.78 is 0. The third-order valence-corrected chi connectivity index (χ3v) is 2.42. The molecule has 2 rings (SSSR count). The first-order valence-corrected chi connectivity index (χ1v) is 4.93. The molecule has 0 saturated heterocycles. The van der Waals surface area contributed by atoms with Crippen molar-refractivity contribution in [3.8, 4) is 0 Å². The molecule has 1 aromatic heterocycles. The second kappa shape index (κ2) is 4.13. The number of pyridine rings is 1. The van der Waals surface area contributed by atoms with Crippen molar-refractivity contribution in [2.75, 3.05) is 5.32 Å². The number of hydrogen-bond donors (Lipinski definition) is 2. The number of nitrogens with two attached hydrogens (primary N) is 1. The maximum atomic E-state index is 11.1. The lowest BCUT2D eigenvalue weighted by Gasteiger charge is -2.14. The molecular weight excluding hydrogens is 190 g/mol. The van der Waals surface area contributed by atoms with E-state index in [2.05, 4.69) is 22.5 Å². The summed E-state index contributed by atoms with van der Waals surface area (Å²) in [6.07, 6.45) is 7.82. The normalized spacial score (nSPS) is 15.5. The lowest BCUT2D eigenvalue weighted by atomic mass is 10.2. The summed E-state index contributed by atoms with van der Waals surface area (Å²) in [5.41, 5.74) is 5.70. The number of hydrogen-bond acceptors (Lipinski definition) is 3. The van der Waals surface area contributed by atoms with E-state index >= 15 is 0 Å². The molecular formula is C11H13N3O. The zero-order valence-electron chi connectivity index (χ0n) is 8.31. The molecule has 0 radical (unpaired) electrons. The fraction of sp³-hybridized carbons (Fsp3) is 0.273. The van der Waals surface area contributed by atoms with Crippen molar-refractivity contribution in [1.29, 1.82) is 0 Å². The molecule has 4 heteroatoms. The number of primary amides is 1. The van der Waals surface area contributed by atoms with Crippen LogP contribution in [0.15, 0.2) is 30.5 Å². The van der Waals surface area contributed by atoms with Crippen molar-refractivity contribution in [3.05, 3.63) is 36.0 Å². The predicted molar refractivity (Wildman–Crippen MR) is 58.5 cm³/mol. The topological polar surface area (TPSA) is 68.0 Å². The average molecular weight is 203 g/mol. The van der Waals surface area contributed by atoms with Crippen molar-refractivity contribution < 1.29 is 4.79 Å². The summed E-state index contributed by atoms with van der Waals surface area (Å²) in [7, 11) is 0. The highest BCUT2D eigenvalue weighted by molar-refractivity contribution is 5.97. The van der Waals surface area contributed by atoms with Gasteiger partial charge in [0, 0.05) is 12.2 Å². The van der Waals surface area contributed by atoms with Crippen LogP contribution in [0.25, 0.3) is 0 Å². The van der Waals surface area contributed by atoms with Crippen LogP contribution in [0, 0.1) is 0 Å². The van der Waals surface area contributed by atoms with Crippen molar-refractivity contribution in [2.24, 2.45) is 5.73 Å². The van der Waals surface area contributed by atoms with E-state index < -0.39 is 5.91 Å². The van der Waals surface area contributed by atoms with Gasteiger partial charge in [0.15, 0.2) is 0 Å². The van der Waals surface area contributed by atoms with E-state index in [4.69, 9.17) is 5.73 Å². The van der Waals surface area contributed by atoms with Crippen molar-refractivity contribution >= 4 is 11.7 Å². The fourth-order valence-electron chi connectivity index (χ4n) is 1.65. The molecule has 0 atom stereocenters. The van der Waals surface area contributed by atoms with Gasteiger partial charge in [0.25, 0.3) is 5.91 Å². The van der Waals surface area contributed by atoms with Gasteiger partial charge < -0.3 is 11.1 Å². The molecule has 15 heavy (non-hydrogen) atoms. The van der Waals surface area contributed by atoms with Gasteiger partial charge in [-0.15, -0.1) is 0 Å². The third-order valence-electron chi connectivity index (χ3n) is 2.42. The smallest absolute Gasteiger partial charge is 0.252 e. The van der Waals surface area contributed by atoms with Crippen LogP contribution in [0.3, 0.4) is 0 Å². The molecule has 78 valence electrons. The van der Waals surface area contributed by atoms with Gasteiger partial charge in [-0.25, -0.2) is 4.98 Å². The molecule has 1 aromatic rings. The Morgan fingerprint density at radius 1 is 1.47 bits per heavy atom. The molecule has 0 bridgehead atoms. The number of rotatable bonds is 3. The van der Waals surface area contributed by atoms with Crippen LogP contribution in [0.1, 0.15) is 23.2 Å². The molecule has 0 spiro atoms. The molecule has 1 aliphatic carbocycles. The molecule has 3 N–H and O–H groups in total. The molecule has 1 amide bonds. The number of carbonyl (C=O) groups is 1. The molecule has 4 nitrogen and oxygen atoms in total. The molecule has 0 saturated carbocycles.